The van der Waals surface area contributed by atoms with Crippen LogP contribution in [-0.4, -0.2) is 16.5 Å². The lowest BCUT2D eigenvalue weighted by atomic mass is 10.0. The fourth-order valence-electron chi connectivity index (χ4n) is 2.45. The normalized spacial score (nSPS) is 12.8. The number of nitrogens with zero attached hydrogens (tertiary/aromatic N) is 2. The second-order valence-electron chi connectivity index (χ2n) is 4.45. The van der Waals surface area contributed by atoms with Crippen LogP contribution in [0.5, 0.6) is 5.88 Å². The average Bonchev–Trinajstić information content (AvgIpc) is 2.79. The molecule has 2 bridgehead atoms. The van der Waals surface area contributed by atoms with E-state index in [4.69, 9.17) is 9.57 Å². The van der Waals surface area contributed by atoms with Gasteiger partial charge in [-0.1, -0.05) is 42.5 Å². The molecule has 2 aliphatic heterocycles. The summed E-state index contributed by atoms with van der Waals surface area (Å²) in [6.45, 7) is -0.0204. The van der Waals surface area contributed by atoms with Crippen molar-refractivity contribution in [3.63, 3.8) is 0 Å². The van der Waals surface area contributed by atoms with Crippen LogP contribution in [-0.2, 0) is 0 Å². The van der Waals surface area contributed by atoms with E-state index in [9.17, 15) is 4.79 Å². The molecule has 0 saturated carbocycles. The zero-order chi connectivity index (χ0) is 13.5. The SMILES string of the molecule is O=c1nc2c3c(-c4ccccc4)cccc3n1OCO2. The molecule has 5 nitrogen and oxygen atoms in total. The molecule has 98 valence electrons. The number of fused-ring (bicyclic) bond motifs is 3. The highest BCUT2D eigenvalue weighted by molar-refractivity contribution is 5.98. The van der Waals surface area contributed by atoms with Gasteiger partial charge in [0.15, 0.2) is 0 Å². The molecule has 0 atom stereocenters. The van der Waals surface area contributed by atoms with Crippen LogP contribution in [0.15, 0.2) is 53.3 Å². The Morgan fingerprint density at radius 2 is 1.90 bits per heavy atom. The molecule has 0 unspecified atom stereocenters. The summed E-state index contributed by atoms with van der Waals surface area (Å²) >= 11 is 0. The summed E-state index contributed by atoms with van der Waals surface area (Å²) in [5.74, 6) is 0.318. The van der Waals surface area contributed by atoms with E-state index in [1.807, 2.05) is 48.5 Å². The summed E-state index contributed by atoms with van der Waals surface area (Å²) in [6, 6.07) is 15.6. The molecule has 0 fully saturated rings. The van der Waals surface area contributed by atoms with E-state index < -0.39 is 5.69 Å². The van der Waals surface area contributed by atoms with Crippen molar-refractivity contribution in [3.05, 3.63) is 59.0 Å². The van der Waals surface area contributed by atoms with Crippen molar-refractivity contribution in [2.75, 3.05) is 6.79 Å². The summed E-state index contributed by atoms with van der Waals surface area (Å²) in [5, 5.41) is 0.788. The van der Waals surface area contributed by atoms with Crippen molar-refractivity contribution in [2.45, 2.75) is 0 Å². The van der Waals surface area contributed by atoms with Gasteiger partial charge in [0, 0.05) is 0 Å². The van der Waals surface area contributed by atoms with Crippen LogP contribution in [0.1, 0.15) is 0 Å². The lowest BCUT2D eigenvalue weighted by Gasteiger charge is -2.08. The van der Waals surface area contributed by atoms with Gasteiger partial charge in [-0.15, -0.1) is 4.73 Å². The van der Waals surface area contributed by atoms with Gasteiger partial charge in [-0.2, -0.15) is 4.98 Å². The summed E-state index contributed by atoms with van der Waals surface area (Å²) < 4.78 is 6.60. The number of hydrogen-bond donors (Lipinski definition) is 0. The second kappa shape index (κ2) is 4.09. The van der Waals surface area contributed by atoms with Crippen molar-refractivity contribution < 1.29 is 9.57 Å². The van der Waals surface area contributed by atoms with Crippen LogP contribution in [0.2, 0.25) is 0 Å². The number of ether oxygens (including phenoxy) is 1. The smallest absolute Gasteiger partial charge is 0.384 e. The first-order valence-electron chi connectivity index (χ1n) is 6.22. The van der Waals surface area contributed by atoms with Gasteiger partial charge in [0.05, 0.1) is 10.9 Å². The molecule has 3 heterocycles. The summed E-state index contributed by atoms with van der Waals surface area (Å²) in [5.41, 5.74) is 2.20. The molecular weight excluding hydrogens is 256 g/mol. The minimum Gasteiger partial charge on any atom is -0.437 e. The maximum absolute atomic E-state index is 11.8. The first kappa shape index (κ1) is 11.0. The third-order valence-electron chi connectivity index (χ3n) is 3.31. The quantitative estimate of drug-likeness (QED) is 0.674. The summed E-state index contributed by atoms with van der Waals surface area (Å²) in [4.78, 5) is 21.0. The Labute approximate surface area is 114 Å². The topological polar surface area (TPSA) is 53.4 Å². The van der Waals surface area contributed by atoms with E-state index in [0.717, 1.165) is 16.5 Å². The van der Waals surface area contributed by atoms with Gasteiger partial charge in [0.2, 0.25) is 5.88 Å². The highest BCUT2D eigenvalue weighted by atomic mass is 16.8. The number of hydrogen-bond acceptors (Lipinski definition) is 4. The second-order valence-corrected chi connectivity index (χ2v) is 4.45. The highest BCUT2D eigenvalue weighted by Crippen LogP contribution is 2.33. The molecule has 5 rings (SSSR count). The molecule has 3 aromatic rings. The van der Waals surface area contributed by atoms with Gasteiger partial charge in [-0.25, -0.2) is 4.79 Å². The predicted octanol–water partition coefficient (Wildman–Crippen LogP) is 1.84. The van der Waals surface area contributed by atoms with E-state index in [0.29, 0.717) is 11.4 Å². The van der Waals surface area contributed by atoms with Crippen LogP contribution in [0.4, 0.5) is 0 Å². The third-order valence-corrected chi connectivity index (χ3v) is 3.31. The maximum atomic E-state index is 11.8. The summed E-state index contributed by atoms with van der Waals surface area (Å²) in [6.07, 6.45) is 0. The Hall–Kier alpha value is -2.82. The van der Waals surface area contributed by atoms with Gasteiger partial charge in [-0.05, 0) is 17.2 Å². The number of benzene rings is 2. The van der Waals surface area contributed by atoms with E-state index >= 15 is 0 Å². The Bertz CT molecular complexity index is 856. The zero-order valence-corrected chi connectivity index (χ0v) is 10.4. The Kier molecular flexibility index (Phi) is 2.26. The first-order chi connectivity index (χ1) is 9.84. The van der Waals surface area contributed by atoms with Gasteiger partial charge in [0.25, 0.3) is 6.79 Å². The van der Waals surface area contributed by atoms with Crippen LogP contribution < -0.4 is 15.3 Å². The molecule has 2 aliphatic rings. The third kappa shape index (κ3) is 1.50. The van der Waals surface area contributed by atoms with E-state index in [-0.39, 0.29) is 6.79 Å². The molecule has 0 amide bonds. The molecule has 0 radical (unpaired) electrons. The van der Waals surface area contributed by atoms with Crippen molar-refractivity contribution in [1.29, 1.82) is 0 Å². The largest absolute Gasteiger partial charge is 0.437 e. The standard InChI is InChI=1S/C15H10N2O3/c18-15-16-14-13-11(10-5-2-1-3-6-10)7-4-8-12(13)17(15)20-9-19-14/h1-8H,9H2. The molecule has 5 heteroatoms. The first-order valence-corrected chi connectivity index (χ1v) is 6.22. The van der Waals surface area contributed by atoms with Crippen LogP contribution in [0.25, 0.3) is 22.0 Å². The maximum Gasteiger partial charge on any atom is 0.384 e. The van der Waals surface area contributed by atoms with E-state index in [1.54, 1.807) is 0 Å². The molecule has 0 saturated heterocycles. The van der Waals surface area contributed by atoms with Crippen LogP contribution in [0, 0.1) is 0 Å². The lowest BCUT2D eigenvalue weighted by molar-refractivity contribution is 0.0152. The molecule has 2 aromatic carbocycles. The van der Waals surface area contributed by atoms with Gasteiger partial charge in [-0.3, -0.25) is 0 Å². The van der Waals surface area contributed by atoms with Crippen molar-refractivity contribution in [1.82, 2.24) is 9.71 Å². The Balaban J connectivity index is 2.15. The van der Waals surface area contributed by atoms with Crippen LogP contribution in [0.3, 0.4) is 0 Å². The molecule has 20 heavy (non-hydrogen) atoms. The molecule has 1 aromatic heterocycles. The fraction of sp³-hybridized carbons (Fsp3) is 0.0667. The zero-order valence-electron chi connectivity index (χ0n) is 10.4. The van der Waals surface area contributed by atoms with Gasteiger partial charge >= 0.3 is 5.69 Å². The molecule has 0 aliphatic carbocycles. The van der Waals surface area contributed by atoms with Crippen molar-refractivity contribution in [3.8, 4) is 17.0 Å². The molecular formula is C15H10N2O3. The summed E-state index contributed by atoms with van der Waals surface area (Å²) in [7, 11) is 0. The van der Waals surface area contributed by atoms with E-state index in [2.05, 4.69) is 4.98 Å². The fourth-order valence-corrected chi connectivity index (χ4v) is 2.45. The van der Waals surface area contributed by atoms with E-state index in [1.165, 1.54) is 4.73 Å². The monoisotopic (exact) mass is 266 g/mol. The highest BCUT2D eigenvalue weighted by Gasteiger charge is 2.19. The Morgan fingerprint density at radius 1 is 1.05 bits per heavy atom. The predicted molar refractivity (Wildman–Crippen MR) is 73.5 cm³/mol. The number of aromatic nitrogens is 2. The molecule has 0 N–H and O–H groups in total. The molecule has 0 spiro atoms. The number of rotatable bonds is 1. The van der Waals surface area contributed by atoms with Crippen molar-refractivity contribution in [2.24, 2.45) is 0 Å². The Morgan fingerprint density at radius 3 is 2.75 bits per heavy atom. The van der Waals surface area contributed by atoms with Gasteiger partial charge in [0.1, 0.15) is 0 Å². The average molecular weight is 266 g/mol. The lowest BCUT2D eigenvalue weighted by Crippen LogP contribution is -2.27. The van der Waals surface area contributed by atoms with Crippen LogP contribution >= 0.6 is 0 Å². The minimum atomic E-state index is -0.463. The van der Waals surface area contributed by atoms with Crippen molar-refractivity contribution >= 4 is 10.9 Å². The van der Waals surface area contributed by atoms with Gasteiger partial charge < -0.3 is 9.57 Å². The minimum absolute atomic E-state index is 0.0204.